The smallest absolute Gasteiger partial charge is 0.339 e. The van der Waals surface area contributed by atoms with Gasteiger partial charge in [-0.2, -0.15) is 0 Å². The number of nitrogens with one attached hydrogen (secondary N) is 2. The summed E-state index contributed by atoms with van der Waals surface area (Å²) in [5.74, 6) is -0.941. The predicted octanol–water partition coefficient (Wildman–Crippen LogP) is 2.75. The van der Waals surface area contributed by atoms with Gasteiger partial charge >= 0.3 is 11.7 Å². The fourth-order valence-corrected chi connectivity index (χ4v) is 2.97. The van der Waals surface area contributed by atoms with Gasteiger partial charge in [0, 0.05) is 16.6 Å². The standard InChI is InChI=1S/C20H15N3O4/c1-11-8-14(13-4-2-3-5-15(13)21-11)19(25)27-10-18(24)12-6-7-16-17(9-12)23-20(26)22-16/h2-9H,10H2,1H3,(H2,22,23,26). The molecular weight excluding hydrogens is 346 g/mol. The third-order valence-corrected chi connectivity index (χ3v) is 4.24. The van der Waals surface area contributed by atoms with Gasteiger partial charge in [-0.3, -0.25) is 9.78 Å². The molecule has 0 aliphatic carbocycles. The molecule has 0 amide bonds. The number of imidazole rings is 1. The second-order valence-corrected chi connectivity index (χ2v) is 6.17. The number of para-hydroxylation sites is 1. The summed E-state index contributed by atoms with van der Waals surface area (Å²) in [5, 5.41) is 0.673. The lowest BCUT2D eigenvalue weighted by Gasteiger charge is -2.08. The number of ketones is 1. The van der Waals surface area contributed by atoms with Gasteiger partial charge in [0.05, 0.1) is 22.1 Å². The molecule has 27 heavy (non-hydrogen) atoms. The van der Waals surface area contributed by atoms with Crippen molar-refractivity contribution in [2.45, 2.75) is 6.92 Å². The fourth-order valence-electron chi connectivity index (χ4n) is 2.97. The maximum atomic E-state index is 12.5. The number of esters is 1. The Kier molecular flexibility index (Phi) is 4.04. The highest BCUT2D eigenvalue weighted by atomic mass is 16.5. The van der Waals surface area contributed by atoms with E-state index in [1.54, 1.807) is 37.3 Å². The SMILES string of the molecule is Cc1cc(C(=O)OCC(=O)c2ccc3[nH]c(=O)[nH]c3c2)c2ccccc2n1. The van der Waals surface area contributed by atoms with Crippen LogP contribution in [0.3, 0.4) is 0 Å². The van der Waals surface area contributed by atoms with Gasteiger partial charge in [-0.25, -0.2) is 9.59 Å². The lowest BCUT2D eigenvalue weighted by Crippen LogP contribution is -2.15. The van der Waals surface area contributed by atoms with E-state index in [-0.39, 0.29) is 11.5 Å². The largest absolute Gasteiger partial charge is 0.454 e. The summed E-state index contributed by atoms with van der Waals surface area (Å²) in [6, 6.07) is 13.7. The van der Waals surface area contributed by atoms with Gasteiger partial charge in [-0.15, -0.1) is 0 Å². The number of nitrogens with zero attached hydrogens (tertiary/aromatic N) is 1. The van der Waals surface area contributed by atoms with Gasteiger partial charge in [-0.1, -0.05) is 18.2 Å². The molecule has 0 spiro atoms. The van der Waals surface area contributed by atoms with Gasteiger partial charge in [0.2, 0.25) is 0 Å². The topological polar surface area (TPSA) is 105 Å². The Morgan fingerprint density at radius 1 is 1.04 bits per heavy atom. The molecule has 2 aromatic heterocycles. The molecule has 2 aromatic carbocycles. The average molecular weight is 361 g/mol. The van der Waals surface area contributed by atoms with Gasteiger partial charge in [-0.05, 0) is 37.3 Å². The number of hydrogen-bond donors (Lipinski definition) is 2. The molecule has 0 unspecified atom stereocenters. The minimum Gasteiger partial charge on any atom is -0.454 e. The molecule has 0 atom stereocenters. The van der Waals surface area contributed by atoms with Crippen molar-refractivity contribution in [3.05, 3.63) is 75.8 Å². The zero-order valence-electron chi connectivity index (χ0n) is 14.4. The molecule has 2 N–H and O–H groups in total. The van der Waals surface area contributed by atoms with E-state index in [4.69, 9.17) is 4.74 Å². The third kappa shape index (κ3) is 3.22. The molecule has 0 fully saturated rings. The molecule has 0 aliphatic heterocycles. The number of hydrogen-bond acceptors (Lipinski definition) is 5. The zero-order chi connectivity index (χ0) is 19.0. The lowest BCUT2D eigenvalue weighted by molar-refractivity contribution is 0.0476. The van der Waals surface area contributed by atoms with E-state index in [0.717, 1.165) is 0 Å². The number of aryl methyl sites for hydroxylation is 1. The number of carbonyl (C=O) groups excluding carboxylic acids is 2. The minimum absolute atomic E-state index is 0.346. The first kappa shape index (κ1) is 16.7. The first-order valence-electron chi connectivity index (χ1n) is 8.30. The van der Waals surface area contributed by atoms with Crippen LogP contribution in [0.2, 0.25) is 0 Å². The molecule has 7 heteroatoms. The average Bonchev–Trinajstić information content (AvgIpc) is 3.04. The highest BCUT2D eigenvalue weighted by Gasteiger charge is 2.16. The summed E-state index contributed by atoms with van der Waals surface area (Å²) in [7, 11) is 0. The van der Waals surface area contributed by atoms with Gasteiger partial charge < -0.3 is 14.7 Å². The number of H-pyrrole nitrogens is 2. The highest BCUT2D eigenvalue weighted by molar-refractivity contribution is 6.05. The van der Waals surface area contributed by atoms with Crippen molar-refractivity contribution in [3.8, 4) is 0 Å². The van der Waals surface area contributed by atoms with E-state index >= 15 is 0 Å². The van der Waals surface area contributed by atoms with Crippen molar-refractivity contribution >= 4 is 33.7 Å². The molecule has 0 radical (unpaired) electrons. The summed E-state index contributed by atoms with van der Waals surface area (Å²) < 4.78 is 5.23. The number of pyridine rings is 1. The van der Waals surface area contributed by atoms with Gasteiger partial charge in [0.25, 0.3) is 0 Å². The number of rotatable bonds is 4. The summed E-state index contributed by atoms with van der Waals surface area (Å²) in [6.45, 7) is 1.40. The Hall–Kier alpha value is -3.74. The Morgan fingerprint density at radius 2 is 1.81 bits per heavy atom. The van der Waals surface area contributed by atoms with Crippen LogP contribution >= 0.6 is 0 Å². The molecule has 0 saturated heterocycles. The first-order chi connectivity index (χ1) is 13.0. The number of carbonyl (C=O) groups is 2. The molecule has 4 aromatic rings. The van der Waals surface area contributed by atoms with E-state index in [2.05, 4.69) is 15.0 Å². The maximum Gasteiger partial charge on any atom is 0.339 e. The van der Waals surface area contributed by atoms with E-state index in [1.807, 2.05) is 18.2 Å². The van der Waals surface area contributed by atoms with Crippen molar-refractivity contribution in [2.24, 2.45) is 0 Å². The summed E-state index contributed by atoms with van der Waals surface area (Å²) >= 11 is 0. The van der Waals surface area contributed by atoms with Crippen molar-refractivity contribution in [1.82, 2.24) is 15.0 Å². The quantitative estimate of drug-likeness (QED) is 0.429. The Morgan fingerprint density at radius 3 is 2.67 bits per heavy atom. The highest BCUT2D eigenvalue weighted by Crippen LogP contribution is 2.19. The van der Waals surface area contributed by atoms with Gasteiger partial charge in [0.15, 0.2) is 12.4 Å². The van der Waals surface area contributed by atoms with Crippen LogP contribution in [-0.2, 0) is 4.74 Å². The van der Waals surface area contributed by atoms with Crippen molar-refractivity contribution in [3.63, 3.8) is 0 Å². The van der Waals surface area contributed by atoms with E-state index in [1.165, 1.54) is 0 Å². The number of ether oxygens (including phenoxy) is 1. The zero-order valence-corrected chi connectivity index (χ0v) is 14.4. The van der Waals surface area contributed by atoms with Crippen molar-refractivity contribution in [2.75, 3.05) is 6.61 Å². The molecule has 0 bridgehead atoms. The molecule has 7 nitrogen and oxygen atoms in total. The van der Waals surface area contributed by atoms with Crippen LogP contribution in [0.5, 0.6) is 0 Å². The number of fused-ring (bicyclic) bond motifs is 2. The predicted molar refractivity (Wildman–Crippen MR) is 100 cm³/mol. The third-order valence-electron chi connectivity index (χ3n) is 4.24. The summed E-state index contributed by atoms with van der Waals surface area (Å²) in [6.07, 6.45) is 0. The molecule has 134 valence electrons. The van der Waals surface area contributed by atoms with Crippen molar-refractivity contribution in [1.29, 1.82) is 0 Å². The number of Topliss-reactive ketones (excluding diaryl/α,β-unsaturated/α-hetero) is 1. The van der Waals surface area contributed by atoms with Gasteiger partial charge in [0.1, 0.15) is 0 Å². The minimum atomic E-state index is -0.582. The van der Waals surface area contributed by atoms with Crippen LogP contribution < -0.4 is 5.69 Å². The second-order valence-electron chi connectivity index (χ2n) is 6.17. The van der Waals surface area contributed by atoms with Crippen molar-refractivity contribution < 1.29 is 14.3 Å². The molecule has 0 aliphatic rings. The number of aromatic amines is 2. The summed E-state index contributed by atoms with van der Waals surface area (Å²) in [5.41, 5.74) is 2.88. The van der Waals surface area contributed by atoms with Crippen LogP contribution in [0.25, 0.3) is 21.9 Å². The Labute approximate surface area is 153 Å². The fraction of sp³-hybridized carbons (Fsp3) is 0.100. The van der Waals surface area contributed by atoms with Crippen LogP contribution in [0.1, 0.15) is 26.4 Å². The van der Waals surface area contributed by atoms with Crippen LogP contribution in [0, 0.1) is 6.92 Å². The number of benzene rings is 2. The maximum absolute atomic E-state index is 12.5. The normalized spacial score (nSPS) is 11.0. The molecule has 4 rings (SSSR count). The number of aromatic nitrogens is 3. The first-order valence-corrected chi connectivity index (χ1v) is 8.30. The molecule has 2 heterocycles. The molecule has 0 saturated carbocycles. The monoisotopic (exact) mass is 361 g/mol. The summed E-state index contributed by atoms with van der Waals surface area (Å²) in [4.78, 5) is 45.8. The Bertz CT molecular complexity index is 1250. The van der Waals surface area contributed by atoms with E-state index in [0.29, 0.717) is 38.8 Å². The van der Waals surface area contributed by atoms with Crippen LogP contribution in [0.4, 0.5) is 0 Å². The Balaban J connectivity index is 1.55. The van der Waals surface area contributed by atoms with E-state index < -0.39 is 12.6 Å². The van der Waals surface area contributed by atoms with Crippen LogP contribution in [0.15, 0.2) is 53.3 Å². The molecular formula is C20H15N3O4. The van der Waals surface area contributed by atoms with E-state index in [9.17, 15) is 14.4 Å². The van der Waals surface area contributed by atoms with Crippen LogP contribution in [-0.4, -0.2) is 33.3 Å². The lowest BCUT2D eigenvalue weighted by atomic mass is 10.1. The second kappa shape index (κ2) is 6.53.